The lowest BCUT2D eigenvalue weighted by molar-refractivity contribution is 0.136. The molecule has 0 aromatic carbocycles. The predicted octanol–water partition coefficient (Wildman–Crippen LogP) is 0.678. The Morgan fingerprint density at radius 3 is 2.62 bits per heavy atom. The average molecular weight is 187 g/mol. The van der Waals surface area contributed by atoms with Crippen LogP contribution in [0.1, 0.15) is 20.8 Å². The molecule has 4 nitrogen and oxygen atoms in total. The Labute approximate surface area is 80.8 Å². The van der Waals surface area contributed by atoms with Gasteiger partial charge in [0.2, 0.25) is 0 Å². The van der Waals surface area contributed by atoms with Crippen LogP contribution in [0, 0.1) is 0 Å². The third-order valence-electron chi connectivity index (χ3n) is 1.56. The van der Waals surface area contributed by atoms with E-state index in [1.807, 2.05) is 32.7 Å². The third kappa shape index (κ3) is 6.40. The topological polar surface area (TPSA) is 50.9 Å². The molecule has 0 fully saturated rings. The van der Waals surface area contributed by atoms with E-state index in [-0.39, 0.29) is 6.04 Å². The number of likely N-dealkylation sites (N-methyl/N-ethyl adjacent to an activating group) is 1. The van der Waals surface area contributed by atoms with Crippen molar-refractivity contribution in [1.29, 1.82) is 0 Å². The maximum atomic E-state index is 5.72. The Morgan fingerprint density at radius 2 is 2.15 bits per heavy atom. The van der Waals surface area contributed by atoms with Crippen LogP contribution in [-0.4, -0.2) is 43.7 Å². The molecule has 0 atom stereocenters. The van der Waals surface area contributed by atoms with Crippen molar-refractivity contribution in [2.75, 3.05) is 26.8 Å². The average Bonchev–Trinajstić information content (AvgIpc) is 2.03. The highest BCUT2D eigenvalue weighted by molar-refractivity contribution is 5.77. The van der Waals surface area contributed by atoms with Gasteiger partial charge in [-0.1, -0.05) is 0 Å². The molecule has 0 spiro atoms. The number of ether oxygens (including phenoxy) is 1. The molecule has 0 heterocycles. The Kier molecular flexibility index (Phi) is 6.32. The van der Waals surface area contributed by atoms with Crippen LogP contribution in [0.2, 0.25) is 0 Å². The summed E-state index contributed by atoms with van der Waals surface area (Å²) in [5.41, 5.74) is 5.72. The highest BCUT2D eigenvalue weighted by atomic mass is 16.5. The van der Waals surface area contributed by atoms with Crippen molar-refractivity contribution in [1.82, 2.24) is 4.90 Å². The van der Waals surface area contributed by atoms with Gasteiger partial charge in [0.15, 0.2) is 5.96 Å². The number of nitrogens with zero attached hydrogens (tertiary/aromatic N) is 2. The smallest absolute Gasteiger partial charge is 0.191 e. The molecule has 0 aliphatic carbocycles. The Bertz CT molecular complexity index is 157. The van der Waals surface area contributed by atoms with Gasteiger partial charge in [0, 0.05) is 26.2 Å². The highest BCUT2D eigenvalue weighted by Gasteiger charge is 2.01. The normalized spacial score (nSPS) is 12.2. The van der Waals surface area contributed by atoms with Gasteiger partial charge >= 0.3 is 0 Å². The van der Waals surface area contributed by atoms with Gasteiger partial charge in [-0.25, -0.2) is 0 Å². The van der Waals surface area contributed by atoms with Gasteiger partial charge in [0.05, 0.1) is 6.61 Å². The molecule has 2 N–H and O–H groups in total. The zero-order valence-corrected chi connectivity index (χ0v) is 9.08. The van der Waals surface area contributed by atoms with Crippen LogP contribution in [0.3, 0.4) is 0 Å². The Balaban J connectivity index is 3.75. The van der Waals surface area contributed by atoms with Crippen LogP contribution < -0.4 is 5.73 Å². The van der Waals surface area contributed by atoms with Crippen molar-refractivity contribution in [2.45, 2.75) is 26.8 Å². The molecule has 78 valence electrons. The molecule has 13 heavy (non-hydrogen) atoms. The maximum absolute atomic E-state index is 5.72. The first-order valence-electron chi connectivity index (χ1n) is 4.70. The molecule has 0 aromatic rings. The molecule has 0 aromatic heterocycles. The first-order valence-corrected chi connectivity index (χ1v) is 4.70. The fraction of sp³-hybridized carbons (Fsp3) is 0.889. The van der Waals surface area contributed by atoms with Crippen molar-refractivity contribution >= 4 is 5.96 Å². The largest absolute Gasteiger partial charge is 0.380 e. The molecular formula is C9H21N3O. The summed E-state index contributed by atoms with van der Waals surface area (Å²) in [5.74, 6) is 0.578. The summed E-state index contributed by atoms with van der Waals surface area (Å²) in [6, 6.07) is 0.245. The third-order valence-corrected chi connectivity index (χ3v) is 1.56. The van der Waals surface area contributed by atoms with E-state index in [0.29, 0.717) is 12.6 Å². The molecule has 0 aliphatic heterocycles. The van der Waals surface area contributed by atoms with Crippen molar-refractivity contribution in [3.63, 3.8) is 0 Å². The van der Waals surface area contributed by atoms with Gasteiger partial charge < -0.3 is 15.4 Å². The van der Waals surface area contributed by atoms with Gasteiger partial charge in [-0.2, -0.15) is 0 Å². The van der Waals surface area contributed by atoms with Crippen molar-refractivity contribution < 1.29 is 4.74 Å². The summed E-state index contributed by atoms with van der Waals surface area (Å²) < 4.78 is 5.21. The van der Waals surface area contributed by atoms with Crippen molar-refractivity contribution in [3.05, 3.63) is 0 Å². The Morgan fingerprint density at radius 1 is 1.54 bits per heavy atom. The van der Waals surface area contributed by atoms with E-state index in [9.17, 15) is 0 Å². The first-order chi connectivity index (χ1) is 6.07. The molecule has 0 saturated carbocycles. The van der Waals surface area contributed by atoms with E-state index in [2.05, 4.69) is 4.99 Å². The lowest BCUT2D eigenvalue weighted by Crippen LogP contribution is -2.37. The minimum absolute atomic E-state index is 0.245. The van der Waals surface area contributed by atoms with E-state index in [1.165, 1.54) is 0 Å². The molecule has 0 unspecified atom stereocenters. The molecule has 0 saturated heterocycles. The van der Waals surface area contributed by atoms with E-state index in [0.717, 1.165) is 13.2 Å². The lowest BCUT2D eigenvalue weighted by atomic mass is 10.4. The fourth-order valence-electron chi connectivity index (χ4n) is 0.823. The number of hydrogen-bond acceptors (Lipinski definition) is 2. The lowest BCUT2D eigenvalue weighted by Gasteiger charge is -2.18. The minimum atomic E-state index is 0.245. The standard InChI is InChI=1S/C9H21N3O/c1-5-13-7-6-12(4)9(10)11-8(2)3/h8H,5-7H2,1-4H3,(H2,10,11). The van der Waals surface area contributed by atoms with Crippen LogP contribution >= 0.6 is 0 Å². The molecule has 0 radical (unpaired) electrons. The summed E-state index contributed by atoms with van der Waals surface area (Å²) in [6.45, 7) is 8.21. The molecule has 0 bridgehead atoms. The summed E-state index contributed by atoms with van der Waals surface area (Å²) in [4.78, 5) is 6.12. The van der Waals surface area contributed by atoms with Crippen LogP contribution in [0.4, 0.5) is 0 Å². The summed E-state index contributed by atoms with van der Waals surface area (Å²) >= 11 is 0. The number of aliphatic imine (C=N–C) groups is 1. The van der Waals surface area contributed by atoms with Gasteiger partial charge in [-0.3, -0.25) is 4.99 Å². The number of hydrogen-bond donors (Lipinski definition) is 1. The number of guanidine groups is 1. The number of nitrogens with two attached hydrogens (primary N) is 1. The monoisotopic (exact) mass is 187 g/mol. The number of rotatable bonds is 5. The van der Waals surface area contributed by atoms with Crippen LogP contribution in [0.5, 0.6) is 0 Å². The second-order valence-electron chi connectivity index (χ2n) is 3.20. The van der Waals surface area contributed by atoms with Crippen molar-refractivity contribution in [3.8, 4) is 0 Å². The second kappa shape index (κ2) is 6.71. The van der Waals surface area contributed by atoms with Gasteiger partial charge in [0.1, 0.15) is 0 Å². The highest BCUT2D eigenvalue weighted by Crippen LogP contribution is 1.89. The van der Waals surface area contributed by atoms with Gasteiger partial charge in [-0.05, 0) is 20.8 Å². The second-order valence-corrected chi connectivity index (χ2v) is 3.20. The quantitative estimate of drug-likeness (QED) is 0.391. The zero-order valence-electron chi connectivity index (χ0n) is 9.08. The predicted molar refractivity (Wildman–Crippen MR) is 55.9 cm³/mol. The molecular weight excluding hydrogens is 166 g/mol. The summed E-state index contributed by atoms with van der Waals surface area (Å²) in [5, 5.41) is 0. The molecule has 0 amide bonds. The molecule has 4 heteroatoms. The Hall–Kier alpha value is -0.770. The fourth-order valence-corrected chi connectivity index (χ4v) is 0.823. The first kappa shape index (κ1) is 12.2. The molecule has 0 rings (SSSR count). The van der Waals surface area contributed by atoms with E-state index >= 15 is 0 Å². The SMILES string of the molecule is CCOCCN(C)C(N)=NC(C)C. The zero-order chi connectivity index (χ0) is 10.3. The van der Waals surface area contributed by atoms with E-state index < -0.39 is 0 Å². The van der Waals surface area contributed by atoms with E-state index in [1.54, 1.807) is 0 Å². The minimum Gasteiger partial charge on any atom is -0.380 e. The van der Waals surface area contributed by atoms with E-state index in [4.69, 9.17) is 10.5 Å². The maximum Gasteiger partial charge on any atom is 0.191 e. The van der Waals surface area contributed by atoms with Crippen LogP contribution in [0.15, 0.2) is 4.99 Å². The summed E-state index contributed by atoms with van der Waals surface area (Å²) in [7, 11) is 1.92. The van der Waals surface area contributed by atoms with Gasteiger partial charge in [0.25, 0.3) is 0 Å². The van der Waals surface area contributed by atoms with Crippen molar-refractivity contribution in [2.24, 2.45) is 10.7 Å². The molecule has 0 aliphatic rings. The van der Waals surface area contributed by atoms with Crippen LogP contribution in [-0.2, 0) is 4.74 Å². The summed E-state index contributed by atoms with van der Waals surface area (Å²) in [6.07, 6.45) is 0. The van der Waals surface area contributed by atoms with Gasteiger partial charge in [-0.15, -0.1) is 0 Å². The van der Waals surface area contributed by atoms with Crippen LogP contribution in [0.25, 0.3) is 0 Å².